The van der Waals surface area contributed by atoms with E-state index in [-0.39, 0.29) is 12.2 Å². The zero-order valence-corrected chi connectivity index (χ0v) is 13.6. The molecule has 134 valence electrons. The van der Waals surface area contributed by atoms with Crippen LogP contribution in [0.3, 0.4) is 0 Å². The van der Waals surface area contributed by atoms with Crippen LogP contribution in [-0.4, -0.2) is 11.8 Å². The van der Waals surface area contributed by atoms with E-state index in [0.29, 0.717) is 5.76 Å². The third kappa shape index (κ3) is 4.62. The first-order chi connectivity index (χ1) is 11.6. The summed E-state index contributed by atoms with van der Waals surface area (Å²) in [4.78, 5) is 24.5. The molecule has 2 aromatic rings. The van der Waals surface area contributed by atoms with Crippen LogP contribution in [0.1, 0.15) is 25.2 Å². The quantitative estimate of drug-likeness (QED) is 0.806. The highest BCUT2D eigenvalue weighted by atomic mass is 19.4. The van der Waals surface area contributed by atoms with Gasteiger partial charge in [-0.1, -0.05) is 6.07 Å². The molecule has 8 heteroatoms. The zero-order valence-electron chi connectivity index (χ0n) is 13.6. The Kier molecular flexibility index (Phi) is 5.20. The number of furan rings is 1. The number of carbonyl (C=O) groups excluding carboxylic acids is 2. The molecule has 0 radical (unpaired) electrons. The largest absolute Gasteiger partial charge is 0.467 e. The Morgan fingerprint density at radius 1 is 1.08 bits per heavy atom. The molecule has 0 spiro atoms. The summed E-state index contributed by atoms with van der Waals surface area (Å²) < 4.78 is 43.2. The van der Waals surface area contributed by atoms with Gasteiger partial charge in [0.15, 0.2) is 0 Å². The van der Waals surface area contributed by atoms with E-state index in [1.807, 2.05) is 0 Å². The van der Waals surface area contributed by atoms with Crippen LogP contribution in [0.5, 0.6) is 0 Å². The first-order valence-electron chi connectivity index (χ1n) is 7.40. The van der Waals surface area contributed by atoms with Crippen LogP contribution >= 0.6 is 0 Å². The highest BCUT2D eigenvalue weighted by Crippen LogP contribution is 2.31. The number of halogens is 3. The lowest BCUT2D eigenvalue weighted by Crippen LogP contribution is -2.44. The molecule has 0 bridgehead atoms. The van der Waals surface area contributed by atoms with Gasteiger partial charge in [-0.25, -0.2) is 0 Å². The second-order valence-electron chi connectivity index (χ2n) is 5.92. The number of amides is 2. The van der Waals surface area contributed by atoms with Crippen molar-refractivity contribution in [1.29, 1.82) is 0 Å². The Labute approximate surface area is 142 Å². The number of anilines is 1. The average molecular weight is 354 g/mol. The summed E-state index contributed by atoms with van der Waals surface area (Å²) in [7, 11) is 0. The first kappa shape index (κ1) is 18.6. The van der Waals surface area contributed by atoms with Gasteiger partial charge in [0, 0.05) is 5.69 Å². The third-order valence-corrected chi connectivity index (χ3v) is 3.59. The number of hydrogen-bond donors (Lipinski definition) is 2. The number of alkyl halides is 3. The van der Waals surface area contributed by atoms with E-state index >= 15 is 0 Å². The van der Waals surface area contributed by atoms with E-state index in [4.69, 9.17) is 4.42 Å². The SMILES string of the molecule is CC(C)(C(=O)NCc1ccco1)C(=O)Nc1cccc(C(F)(F)F)c1. The smallest absolute Gasteiger partial charge is 0.416 e. The predicted molar refractivity (Wildman–Crippen MR) is 84.4 cm³/mol. The number of rotatable bonds is 5. The highest BCUT2D eigenvalue weighted by Gasteiger charge is 2.36. The Bertz CT molecular complexity index is 753. The van der Waals surface area contributed by atoms with Gasteiger partial charge in [-0.3, -0.25) is 9.59 Å². The van der Waals surface area contributed by atoms with Gasteiger partial charge < -0.3 is 15.1 Å². The summed E-state index contributed by atoms with van der Waals surface area (Å²) >= 11 is 0. The minimum atomic E-state index is -4.52. The van der Waals surface area contributed by atoms with E-state index in [0.717, 1.165) is 12.1 Å². The van der Waals surface area contributed by atoms with Gasteiger partial charge in [-0.2, -0.15) is 13.2 Å². The van der Waals surface area contributed by atoms with Crippen LogP contribution in [0.15, 0.2) is 47.1 Å². The molecular weight excluding hydrogens is 337 g/mol. The minimum absolute atomic E-state index is 0.0354. The molecule has 0 aliphatic rings. The van der Waals surface area contributed by atoms with Crippen molar-refractivity contribution in [2.24, 2.45) is 5.41 Å². The van der Waals surface area contributed by atoms with E-state index < -0.39 is 29.0 Å². The molecule has 2 N–H and O–H groups in total. The van der Waals surface area contributed by atoms with Crippen LogP contribution in [0.4, 0.5) is 18.9 Å². The molecule has 0 aliphatic carbocycles. The summed E-state index contributed by atoms with van der Waals surface area (Å²) in [6, 6.07) is 7.54. The lowest BCUT2D eigenvalue weighted by molar-refractivity contribution is -0.139. The van der Waals surface area contributed by atoms with Crippen molar-refractivity contribution in [2.75, 3.05) is 5.32 Å². The van der Waals surface area contributed by atoms with Crippen LogP contribution in [0.2, 0.25) is 0 Å². The highest BCUT2D eigenvalue weighted by molar-refractivity contribution is 6.09. The summed E-state index contributed by atoms with van der Waals surface area (Å²) in [5, 5.41) is 4.90. The van der Waals surface area contributed by atoms with Gasteiger partial charge in [0.25, 0.3) is 0 Å². The van der Waals surface area contributed by atoms with Crippen molar-refractivity contribution in [3.8, 4) is 0 Å². The molecule has 0 aliphatic heterocycles. The monoisotopic (exact) mass is 354 g/mol. The summed E-state index contributed by atoms with van der Waals surface area (Å²) in [6.07, 6.45) is -3.07. The van der Waals surface area contributed by atoms with E-state index in [9.17, 15) is 22.8 Å². The van der Waals surface area contributed by atoms with Gasteiger partial charge in [-0.05, 0) is 44.2 Å². The summed E-state index contributed by atoms with van der Waals surface area (Å²) in [6.45, 7) is 2.87. The zero-order chi connectivity index (χ0) is 18.7. The molecule has 25 heavy (non-hydrogen) atoms. The molecule has 5 nitrogen and oxygen atoms in total. The Morgan fingerprint density at radius 3 is 2.40 bits per heavy atom. The molecule has 2 amide bonds. The molecule has 1 heterocycles. The molecule has 0 atom stereocenters. The van der Waals surface area contributed by atoms with Gasteiger partial charge in [0.1, 0.15) is 11.2 Å². The van der Waals surface area contributed by atoms with Gasteiger partial charge >= 0.3 is 6.18 Å². The van der Waals surface area contributed by atoms with Crippen LogP contribution in [0.25, 0.3) is 0 Å². The molecular formula is C17H17F3N2O3. The Morgan fingerprint density at radius 2 is 1.80 bits per heavy atom. The summed E-state index contributed by atoms with van der Waals surface area (Å²) in [5.41, 5.74) is -2.40. The molecule has 0 fully saturated rings. The van der Waals surface area contributed by atoms with Crippen molar-refractivity contribution < 1.29 is 27.2 Å². The molecule has 0 saturated heterocycles. The maximum atomic E-state index is 12.7. The number of benzene rings is 1. The fraction of sp³-hybridized carbons (Fsp3) is 0.294. The van der Waals surface area contributed by atoms with E-state index in [2.05, 4.69) is 10.6 Å². The van der Waals surface area contributed by atoms with Gasteiger partial charge in [0.05, 0.1) is 18.4 Å². The third-order valence-electron chi connectivity index (χ3n) is 3.59. The molecule has 2 rings (SSSR count). The van der Waals surface area contributed by atoms with Crippen molar-refractivity contribution in [1.82, 2.24) is 5.32 Å². The van der Waals surface area contributed by atoms with Crippen molar-refractivity contribution >= 4 is 17.5 Å². The molecule has 1 aromatic carbocycles. The molecule has 0 unspecified atom stereocenters. The maximum absolute atomic E-state index is 12.7. The average Bonchev–Trinajstić information content (AvgIpc) is 3.05. The minimum Gasteiger partial charge on any atom is -0.467 e. The van der Waals surface area contributed by atoms with E-state index in [1.54, 1.807) is 12.1 Å². The predicted octanol–water partition coefficient (Wildman–Crippen LogP) is 3.58. The Hall–Kier alpha value is -2.77. The fourth-order valence-corrected chi connectivity index (χ4v) is 1.97. The van der Waals surface area contributed by atoms with E-state index in [1.165, 1.54) is 32.2 Å². The lowest BCUT2D eigenvalue weighted by Gasteiger charge is -2.22. The number of hydrogen-bond acceptors (Lipinski definition) is 3. The summed E-state index contributed by atoms with van der Waals surface area (Å²) in [5.74, 6) is -0.778. The topological polar surface area (TPSA) is 71.3 Å². The van der Waals surface area contributed by atoms with Crippen molar-refractivity contribution in [3.63, 3.8) is 0 Å². The number of nitrogens with one attached hydrogen (secondary N) is 2. The van der Waals surface area contributed by atoms with Crippen LogP contribution in [-0.2, 0) is 22.3 Å². The van der Waals surface area contributed by atoms with Gasteiger partial charge in [0.2, 0.25) is 11.8 Å². The normalized spacial score (nSPS) is 11.9. The van der Waals surface area contributed by atoms with Crippen molar-refractivity contribution in [2.45, 2.75) is 26.6 Å². The Balaban J connectivity index is 2.04. The van der Waals surface area contributed by atoms with Crippen LogP contribution in [0, 0.1) is 5.41 Å². The fourth-order valence-electron chi connectivity index (χ4n) is 1.97. The van der Waals surface area contributed by atoms with Crippen molar-refractivity contribution in [3.05, 3.63) is 54.0 Å². The standard InChI is InChI=1S/C17H17F3N2O3/c1-16(2,14(23)21-10-13-7-4-8-25-13)15(24)22-12-6-3-5-11(9-12)17(18,19)20/h3-9H,10H2,1-2H3,(H,21,23)(H,22,24). The second kappa shape index (κ2) is 7.00. The number of carbonyl (C=O) groups is 2. The second-order valence-corrected chi connectivity index (χ2v) is 5.92. The van der Waals surface area contributed by atoms with Gasteiger partial charge in [-0.15, -0.1) is 0 Å². The molecule has 0 saturated carbocycles. The van der Waals surface area contributed by atoms with Crippen LogP contribution < -0.4 is 10.6 Å². The lowest BCUT2D eigenvalue weighted by atomic mass is 9.91. The maximum Gasteiger partial charge on any atom is 0.416 e. The first-order valence-corrected chi connectivity index (χ1v) is 7.40. The molecule has 1 aromatic heterocycles.